The molecular formula is C14H23N3O. The Kier molecular flexibility index (Phi) is 4.19. The first kappa shape index (κ1) is 13.3. The van der Waals surface area contributed by atoms with Crippen LogP contribution in [0.1, 0.15) is 31.6 Å². The van der Waals surface area contributed by atoms with Crippen LogP contribution >= 0.6 is 0 Å². The fourth-order valence-electron chi connectivity index (χ4n) is 2.39. The Balaban J connectivity index is 2.02. The van der Waals surface area contributed by atoms with E-state index in [1.807, 2.05) is 19.2 Å². The maximum Gasteiger partial charge on any atom is 0.0957 e. The van der Waals surface area contributed by atoms with Crippen LogP contribution < -0.4 is 4.90 Å². The molecule has 0 radical (unpaired) electrons. The molecule has 100 valence electrons. The Hall–Kier alpha value is -1.13. The third-order valence-electron chi connectivity index (χ3n) is 3.76. The molecule has 2 rings (SSSR count). The molecule has 0 aliphatic carbocycles. The molecule has 1 aliphatic heterocycles. The lowest BCUT2D eigenvalue weighted by atomic mass is 10.2. The first-order valence-electron chi connectivity index (χ1n) is 6.67. The summed E-state index contributed by atoms with van der Waals surface area (Å²) in [6, 6.07) is 4.64. The molecule has 1 aliphatic rings. The van der Waals surface area contributed by atoms with Crippen molar-refractivity contribution in [2.75, 3.05) is 32.1 Å². The Morgan fingerprint density at radius 1 is 1.50 bits per heavy atom. The fraction of sp³-hybridized carbons (Fsp3) is 0.643. The van der Waals surface area contributed by atoms with Crippen LogP contribution in [0.5, 0.6) is 0 Å². The van der Waals surface area contributed by atoms with Gasteiger partial charge >= 0.3 is 0 Å². The van der Waals surface area contributed by atoms with E-state index in [0.29, 0.717) is 12.5 Å². The van der Waals surface area contributed by atoms with Gasteiger partial charge in [0.05, 0.1) is 23.7 Å². The first-order valence-corrected chi connectivity index (χ1v) is 6.67. The number of aliphatic hydroxyl groups is 1. The second-order valence-electron chi connectivity index (χ2n) is 5.22. The molecule has 0 spiro atoms. The Morgan fingerprint density at radius 3 is 2.78 bits per heavy atom. The van der Waals surface area contributed by atoms with E-state index in [1.54, 1.807) is 0 Å². The summed E-state index contributed by atoms with van der Waals surface area (Å²) in [6.45, 7) is 4.10. The number of anilines is 1. The number of hydrogen-bond acceptors (Lipinski definition) is 4. The summed E-state index contributed by atoms with van der Waals surface area (Å²) < 4.78 is 0. The minimum Gasteiger partial charge on any atom is -0.387 e. The van der Waals surface area contributed by atoms with E-state index in [0.717, 1.165) is 24.5 Å². The minimum absolute atomic E-state index is 0.438. The molecule has 4 heteroatoms. The monoisotopic (exact) mass is 249 g/mol. The number of likely N-dealkylation sites (N-methyl/N-ethyl adjacent to an activating group) is 1. The third-order valence-corrected chi connectivity index (χ3v) is 3.76. The summed E-state index contributed by atoms with van der Waals surface area (Å²) in [5.74, 6) is 0. The van der Waals surface area contributed by atoms with Crippen LogP contribution in [0.25, 0.3) is 0 Å². The summed E-state index contributed by atoms with van der Waals surface area (Å²) in [6.07, 6.45) is 3.35. The topological polar surface area (TPSA) is 39.6 Å². The van der Waals surface area contributed by atoms with Crippen molar-refractivity contribution in [3.05, 3.63) is 24.0 Å². The maximum atomic E-state index is 9.72. The van der Waals surface area contributed by atoms with Crippen molar-refractivity contribution in [2.24, 2.45) is 0 Å². The smallest absolute Gasteiger partial charge is 0.0957 e. The predicted molar refractivity (Wildman–Crippen MR) is 73.8 cm³/mol. The summed E-state index contributed by atoms with van der Waals surface area (Å²) in [4.78, 5) is 9.00. The van der Waals surface area contributed by atoms with Gasteiger partial charge in [-0.05, 0) is 39.1 Å². The van der Waals surface area contributed by atoms with Crippen LogP contribution in [-0.4, -0.2) is 48.2 Å². The van der Waals surface area contributed by atoms with Gasteiger partial charge in [0.1, 0.15) is 0 Å². The lowest BCUT2D eigenvalue weighted by molar-refractivity contribution is 0.169. The van der Waals surface area contributed by atoms with Crippen LogP contribution in [0, 0.1) is 0 Å². The number of rotatable bonds is 4. The van der Waals surface area contributed by atoms with Crippen molar-refractivity contribution in [1.29, 1.82) is 0 Å². The van der Waals surface area contributed by atoms with Crippen molar-refractivity contribution >= 4 is 5.69 Å². The van der Waals surface area contributed by atoms with Crippen molar-refractivity contribution in [3.8, 4) is 0 Å². The number of aliphatic hydroxyl groups excluding tert-OH is 1. The van der Waals surface area contributed by atoms with Gasteiger partial charge in [-0.3, -0.25) is 4.98 Å². The summed E-state index contributed by atoms with van der Waals surface area (Å²) in [5, 5.41) is 9.72. The highest BCUT2D eigenvalue weighted by Gasteiger charge is 2.24. The van der Waals surface area contributed by atoms with Crippen LogP contribution in [0.3, 0.4) is 0 Å². The normalized spacial score (nSPS) is 21.6. The zero-order valence-electron chi connectivity index (χ0n) is 11.5. The molecule has 0 aromatic carbocycles. The number of hydrogen-bond donors (Lipinski definition) is 1. The molecule has 1 N–H and O–H groups in total. The highest BCUT2D eigenvalue weighted by molar-refractivity contribution is 5.46. The first-order chi connectivity index (χ1) is 8.61. The zero-order valence-corrected chi connectivity index (χ0v) is 11.5. The molecule has 0 saturated carbocycles. The summed E-state index contributed by atoms with van der Waals surface area (Å²) >= 11 is 0. The van der Waals surface area contributed by atoms with E-state index in [4.69, 9.17) is 0 Å². The van der Waals surface area contributed by atoms with Gasteiger partial charge in [0, 0.05) is 19.1 Å². The number of aromatic nitrogens is 1. The molecule has 0 amide bonds. The van der Waals surface area contributed by atoms with Crippen molar-refractivity contribution < 1.29 is 5.11 Å². The molecule has 4 nitrogen and oxygen atoms in total. The lowest BCUT2D eigenvalue weighted by Crippen LogP contribution is -2.31. The molecule has 2 atom stereocenters. The lowest BCUT2D eigenvalue weighted by Gasteiger charge is -2.21. The Labute approximate surface area is 109 Å². The Bertz CT molecular complexity index is 377. The molecule has 2 heterocycles. The second kappa shape index (κ2) is 5.67. The van der Waals surface area contributed by atoms with Crippen LogP contribution in [0.2, 0.25) is 0 Å². The van der Waals surface area contributed by atoms with Gasteiger partial charge in [-0.1, -0.05) is 6.92 Å². The van der Waals surface area contributed by atoms with E-state index >= 15 is 0 Å². The van der Waals surface area contributed by atoms with E-state index < -0.39 is 6.10 Å². The average molecular weight is 249 g/mol. The average Bonchev–Trinajstić information content (AvgIpc) is 2.88. The second-order valence-corrected chi connectivity index (χ2v) is 5.22. The zero-order chi connectivity index (χ0) is 13.1. The molecular weight excluding hydrogens is 226 g/mol. The largest absolute Gasteiger partial charge is 0.387 e. The number of nitrogens with zero attached hydrogens (tertiary/aromatic N) is 3. The maximum absolute atomic E-state index is 9.72. The minimum atomic E-state index is -0.438. The van der Waals surface area contributed by atoms with Gasteiger partial charge in [-0.25, -0.2) is 0 Å². The number of pyridine rings is 1. The molecule has 1 saturated heterocycles. The molecule has 1 unspecified atom stereocenters. The van der Waals surface area contributed by atoms with Gasteiger partial charge in [-0.2, -0.15) is 0 Å². The molecule has 1 fully saturated rings. The van der Waals surface area contributed by atoms with Gasteiger partial charge < -0.3 is 14.9 Å². The Morgan fingerprint density at radius 2 is 2.28 bits per heavy atom. The predicted octanol–water partition coefficient (Wildman–Crippen LogP) is 1.67. The quantitative estimate of drug-likeness (QED) is 0.881. The molecule has 18 heavy (non-hydrogen) atoms. The van der Waals surface area contributed by atoms with E-state index in [2.05, 4.69) is 34.9 Å². The SMILES string of the molecule is CC[C@H](O)c1ccc(N2CCC(N(C)C)C2)cn1. The standard InChI is InChI=1S/C14H23N3O/c1-4-14(18)13-6-5-11(9-15-13)17-8-7-12(10-17)16(2)3/h5-6,9,12,14,18H,4,7-8,10H2,1-3H3/t12?,14-/m0/s1. The molecule has 1 aromatic heterocycles. The van der Waals surface area contributed by atoms with Gasteiger partial charge in [0.15, 0.2) is 0 Å². The van der Waals surface area contributed by atoms with Crippen molar-refractivity contribution in [3.63, 3.8) is 0 Å². The van der Waals surface area contributed by atoms with E-state index in [-0.39, 0.29) is 0 Å². The van der Waals surface area contributed by atoms with Gasteiger partial charge in [0.2, 0.25) is 0 Å². The van der Waals surface area contributed by atoms with Crippen LogP contribution in [0.4, 0.5) is 5.69 Å². The molecule has 1 aromatic rings. The van der Waals surface area contributed by atoms with E-state index in [1.165, 1.54) is 6.42 Å². The van der Waals surface area contributed by atoms with Crippen LogP contribution in [-0.2, 0) is 0 Å². The van der Waals surface area contributed by atoms with Crippen LogP contribution in [0.15, 0.2) is 18.3 Å². The molecule has 0 bridgehead atoms. The highest BCUT2D eigenvalue weighted by atomic mass is 16.3. The highest BCUT2D eigenvalue weighted by Crippen LogP contribution is 2.23. The summed E-state index contributed by atoms with van der Waals surface area (Å²) in [7, 11) is 4.26. The van der Waals surface area contributed by atoms with Crippen molar-refractivity contribution in [2.45, 2.75) is 31.9 Å². The van der Waals surface area contributed by atoms with Gasteiger partial charge in [-0.15, -0.1) is 0 Å². The van der Waals surface area contributed by atoms with Crippen molar-refractivity contribution in [1.82, 2.24) is 9.88 Å². The summed E-state index contributed by atoms with van der Waals surface area (Å²) in [5.41, 5.74) is 1.93. The fourth-order valence-corrected chi connectivity index (χ4v) is 2.39. The van der Waals surface area contributed by atoms with Gasteiger partial charge in [0.25, 0.3) is 0 Å². The van der Waals surface area contributed by atoms with E-state index in [9.17, 15) is 5.11 Å². The third kappa shape index (κ3) is 2.82.